The second kappa shape index (κ2) is 9.69. The number of carbonyl (C=O) groups is 1. The summed E-state index contributed by atoms with van der Waals surface area (Å²) in [5.74, 6) is 2.80. The van der Waals surface area contributed by atoms with Crippen molar-refractivity contribution >= 4 is 22.8 Å². The Morgan fingerprint density at radius 2 is 1.69 bits per heavy atom. The zero-order chi connectivity index (χ0) is 25.4. The highest BCUT2D eigenvalue weighted by atomic mass is 16.6. The molecule has 2 aromatic heterocycles. The fourth-order valence-corrected chi connectivity index (χ4v) is 5.09. The van der Waals surface area contributed by atoms with E-state index in [1.807, 2.05) is 44.6 Å². The van der Waals surface area contributed by atoms with E-state index in [0.29, 0.717) is 37.9 Å². The first-order valence-electron chi connectivity index (χ1n) is 12.8. The van der Waals surface area contributed by atoms with Crippen LogP contribution in [0.15, 0.2) is 24.4 Å². The predicted octanol–water partition coefficient (Wildman–Crippen LogP) is 4.38. The van der Waals surface area contributed by atoms with Gasteiger partial charge < -0.3 is 19.3 Å². The normalized spacial score (nSPS) is 17.6. The van der Waals surface area contributed by atoms with E-state index in [4.69, 9.17) is 24.5 Å². The number of ether oxygens (including phenoxy) is 2. The smallest absolute Gasteiger partial charge is 0.410 e. The van der Waals surface area contributed by atoms with Crippen LogP contribution in [0, 0.1) is 13.8 Å². The molecule has 0 saturated carbocycles. The number of piperazine rings is 1. The number of benzene rings is 1. The van der Waals surface area contributed by atoms with Crippen LogP contribution in [0.1, 0.15) is 56.5 Å². The van der Waals surface area contributed by atoms with Crippen molar-refractivity contribution in [1.29, 1.82) is 0 Å². The molecule has 2 fully saturated rings. The molecule has 0 unspecified atom stereocenters. The van der Waals surface area contributed by atoms with Gasteiger partial charge in [-0.3, -0.25) is 0 Å². The van der Waals surface area contributed by atoms with Crippen molar-refractivity contribution in [2.75, 3.05) is 44.3 Å². The number of carbonyl (C=O) groups excluding carboxylic acids is 1. The molecule has 1 amide bonds. The highest BCUT2D eigenvalue weighted by molar-refractivity contribution is 5.82. The molecule has 0 spiro atoms. The van der Waals surface area contributed by atoms with Crippen molar-refractivity contribution in [2.24, 2.45) is 0 Å². The fraction of sp³-hybridized carbons (Fsp3) is 0.556. The minimum Gasteiger partial charge on any atom is -0.444 e. The van der Waals surface area contributed by atoms with Crippen molar-refractivity contribution in [3.05, 3.63) is 41.3 Å². The molecule has 1 aromatic carbocycles. The van der Waals surface area contributed by atoms with E-state index >= 15 is 0 Å². The Hall–Kier alpha value is -3.20. The molecule has 0 bridgehead atoms. The van der Waals surface area contributed by atoms with Crippen LogP contribution in [0.25, 0.3) is 16.7 Å². The largest absolute Gasteiger partial charge is 0.444 e. The van der Waals surface area contributed by atoms with Gasteiger partial charge in [0.25, 0.3) is 0 Å². The Balaban J connectivity index is 1.39. The Morgan fingerprint density at radius 3 is 2.39 bits per heavy atom. The van der Waals surface area contributed by atoms with Crippen molar-refractivity contribution in [3.63, 3.8) is 0 Å². The zero-order valence-corrected chi connectivity index (χ0v) is 22.0. The van der Waals surface area contributed by atoms with Gasteiger partial charge in [-0.05, 0) is 76.6 Å². The summed E-state index contributed by atoms with van der Waals surface area (Å²) in [6.45, 7) is 13.9. The zero-order valence-electron chi connectivity index (χ0n) is 22.0. The van der Waals surface area contributed by atoms with E-state index in [9.17, 15) is 4.79 Å². The average Bonchev–Trinajstić information content (AvgIpc) is 3.25. The summed E-state index contributed by atoms with van der Waals surface area (Å²) in [5, 5.41) is 5.81. The molecule has 0 atom stereocenters. The first-order valence-corrected chi connectivity index (χ1v) is 12.8. The maximum atomic E-state index is 12.5. The van der Waals surface area contributed by atoms with Gasteiger partial charge in [-0.2, -0.15) is 5.10 Å². The molecular formula is C27H36N6O3. The summed E-state index contributed by atoms with van der Waals surface area (Å²) < 4.78 is 13.0. The fourth-order valence-electron chi connectivity index (χ4n) is 5.09. The molecule has 2 saturated heterocycles. The number of hydrogen-bond donors (Lipinski definition) is 0. The highest BCUT2D eigenvalue weighted by Crippen LogP contribution is 2.33. The molecule has 9 nitrogen and oxygen atoms in total. The summed E-state index contributed by atoms with van der Waals surface area (Å²) in [6, 6.07) is 6.51. The monoisotopic (exact) mass is 492 g/mol. The van der Waals surface area contributed by atoms with E-state index in [1.165, 1.54) is 11.1 Å². The van der Waals surface area contributed by atoms with Gasteiger partial charge in [-0.25, -0.2) is 19.4 Å². The Labute approximate surface area is 212 Å². The van der Waals surface area contributed by atoms with Gasteiger partial charge in [0.1, 0.15) is 17.2 Å². The van der Waals surface area contributed by atoms with E-state index in [1.54, 1.807) is 4.90 Å². The summed E-state index contributed by atoms with van der Waals surface area (Å²) >= 11 is 0. The van der Waals surface area contributed by atoms with Gasteiger partial charge in [0, 0.05) is 50.8 Å². The first kappa shape index (κ1) is 24.5. The second-order valence-electron chi connectivity index (χ2n) is 10.8. The molecule has 0 N–H and O–H groups in total. The van der Waals surface area contributed by atoms with Gasteiger partial charge in [0.15, 0.2) is 5.82 Å². The minimum absolute atomic E-state index is 0.264. The van der Waals surface area contributed by atoms with E-state index in [2.05, 4.69) is 24.0 Å². The molecule has 0 radical (unpaired) electrons. The average molecular weight is 493 g/mol. The van der Waals surface area contributed by atoms with Gasteiger partial charge in [-0.1, -0.05) is 0 Å². The lowest BCUT2D eigenvalue weighted by molar-refractivity contribution is 0.0240. The van der Waals surface area contributed by atoms with Gasteiger partial charge in [0.2, 0.25) is 0 Å². The van der Waals surface area contributed by atoms with Crippen molar-refractivity contribution in [1.82, 2.24) is 24.6 Å². The molecular weight excluding hydrogens is 456 g/mol. The number of fused-ring (bicyclic) bond motifs is 1. The first-order chi connectivity index (χ1) is 17.2. The van der Waals surface area contributed by atoms with E-state index < -0.39 is 5.60 Å². The molecule has 192 valence electrons. The SMILES string of the molecule is Cc1nc(N2CCN(C(=O)OC(C)(C)C)CC2)cc(-n2ncc3cc(C)c(C4CCOCC4)cc32)n1. The Bertz CT molecular complexity index is 1250. The molecule has 2 aliphatic rings. The van der Waals surface area contributed by atoms with Crippen LogP contribution in [-0.2, 0) is 9.47 Å². The Morgan fingerprint density at radius 1 is 1.00 bits per heavy atom. The standard InChI is InChI=1S/C27H36N6O3/c1-18-14-21-17-28-33(23(21)15-22(18)20-6-12-35-13-7-20)25-16-24(29-19(2)30-25)31-8-10-32(11-9-31)26(34)36-27(3,4)5/h14-17,20H,6-13H2,1-5H3. The van der Waals surface area contributed by atoms with E-state index in [0.717, 1.165) is 48.6 Å². The third kappa shape index (κ3) is 5.16. The number of aromatic nitrogens is 4. The number of nitrogens with zero attached hydrogens (tertiary/aromatic N) is 6. The number of anilines is 1. The third-order valence-corrected chi connectivity index (χ3v) is 6.90. The number of hydrogen-bond acceptors (Lipinski definition) is 7. The molecule has 0 aliphatic carbocycles. The third-order valence-electron chi connectivity index (χ3n) is 6.90. The molecule has 3 aromatic rings. The van der Waals surface area contributed by atoms with Crippen molar-refractivity contribution in [2.45, 2.75) is 59.0 Å². The molecule has 36 heavy (non-hydrogen) atoms. The summed E-state index contributed by atoms with van der Waals surface area (Å²) in [4.78, 5) is 25.8. The van der Waals surface area contributed by atoms with Crippen LogP contribution in [0.4, 0.5) is 10.6 Å². The summed E-state index contributed by atoms with van der Waals surface area (Å²) in [7, 11) is 0. The molecule has 4 heterocycles. The predicted molar refractivity (Wildman–Crippen MR) is 139 cm³/mol. The highest BCUT2D eigenvalue weighted by Gasteiger charge is 2.27. The molecule has 5 rings (SSSR count). The van der Waals surface area contributed by atoms with Crippen LogP contribution in [0.3, 0.4) is 0 Å². The van der Waals surface area contributed by atoms with Gasteiger partial charge in [-0.15, -0.1) is 0 Å². The van der Waals surface area contributed by atoms with Crippen LogP contribution < -0.4 is 4.90 Å². The second-order valence-corrected chi connectivity index (χ2v) is 10.8. The van der Waals surface area contributed by atoms with Gasteiger partial charge >= 0.3 is 6.09 Å². The Kier molecular flexibility index (Phi) is 6.59. The lowest BCUT2D eigenvalue weighted by Gasteiger charge is -2.36. The maximum absolute atomic E-state index is 12.5. The van der Waals surface area contributed by atoms with Crippen LogP contribution in [0.5, 0.6) is 0 Å². The molecule has 9 heteroatoms. The summed E-state index contributed by atoms with van der Waals surface area (Å²) in [5.41, 5.74) is 3.23. The number of aryl methyl sites for hydroxylation is 2. The quantitative estimate of drug-likeness (QED) is 0.536. The maximum Gasteiger partial charge on any atom is 0.410 e. The number of rotatable bonds is 3. The van der Waals surface area contributed by atoms with Crippen molar-refractivity contribution in [3.8, 4) is 5.82 Å². The minimum atomic E-state index is -0.497. The van der Waals surface area contributed by atoms with Crippen molar-refractivity contribution < 1.29 is 14.3 Å². The molecule has 2 aliphatic heterocycles. The van der Waals surface area contributed by atoms with Crippen LogP contribution in [0.2, 0.25) is 0 Å². The van der Waals surface area contributed by atoms with Gasteiger partial charge in [0.05, 0.1) is 11.7 Å². The lowest BCUT2D eigenvalue weighted by Crippen LogP contribution is -2.50. The lowest BCUT2D eigenvalue weighted by atomic mass is 9.88. The van der Waals surface area contributed by atoms with E-state index in [-0.39, 0.29) is 6.09 Å². The van der Waals surface area contributed by atoms with Crippen LogP contribution >= 0.6 is 0 Å². The number of amides is 1. The topological polar surface area (TPSA) is 85.6 Å². The summed E-state index contributed by atoms with van der Waals surface area (Å²) in [6.07, 6.45) is 3.74. The van der Waals surface area contributed by atoms with Crippen LogP contribution in [-0.4, -0.2) is 75.7 Å².